The zero-order valence-electron chi connectivity index (χ0n) is 14.4. The first kappa shape index (κ1) is 20.2. The molecule has 0 rings (SSSR count). The number of hydrogen-bond donors (Lipinski definition) is 1. The van der Waals surface area contributed by atoms with Crippen molar-refractivity contribution in [3.05, 3.63) is 0 Å². The molecule has 5 heteroatoms. The van der Waals surface area contributed by atoms with Crippen LogP contribution in [0.2, 0.25) is 0 Å². The molecule has 0 bridgehead atoms. The predicted molar refractivity (Wildman–Crippen MR) is 82.2 cm³/mol. The first-order valence-electron chi connectivity index (χ1n) is 7.78. The maximum atomic E-state index is 10.6. The van der Waals surface area contributed by atoms with Gasteiger partial charge in [-0.05, 0) is 53.4 Å². The van der Waals surface area contributed by atoms with Crippen molar-refractivity contribution in [3.8, 4) is 0 Å². The molecule has 0 aromatic rings. The maximum absolute atomic E-state index is 10.6. The molecule has 1 atom stereocenters. The minimum atomic E-state index is -1.21. The van der Waals surface area contributed by atoms with Crippen LogP contribution in [0.3, 0.4) is 0 Å². The first-order chi connectivity index (χ1) is 9.56. The fourth-order valence-electron chi connectivity index (χ4n) is 2.24. The van der Waals surface area contributed by atoms with Gasteiger partial charge < -0.3 is 9.84 Å². The van der Waals surface area contributed by atoms with Crippen molar-refractivity contribution in [2.24, 2.45) is 5.92 Å². The molecule has 0 spiro atoms. The summed E-state index contributed by atoms with van der Waals surface area (Å²) in [6.07, 6.45) is 3.58. The van der Waals surface area contributed by atoms with Crippen LogP contribution in [-0.4, -0.2) is 29.1 Å². The van der Waals surface area contributed by atoms with Gasteiger partial charge >= 0.3 is 6.16 Å². The zero-order valence-corrected chi connectivity index (χ0v) is 14.4. The Morgan fingerprint density at radius 1 is 1.14 bits per heavy atom. The number of rotatable bonds is 10. The lowest BCUT2D eigenvalue weighted by Crippen LogP contribution is -2.30. The summed E-state index contributed by atoms with van der Waals surface area (Å²) in [6, 6.07) is 0. The van der Waals surface area contributed by atoms with Crippen LogP contribution in [0.15, 0.2) is 0 Å². The Morgan fingerprint density at radius 2 is 1.76 bits per heavy atom. The van der Waals surface area contributed by atoms with Crippen molar-refractivity contribution in [2.45, 2.75) is 84.8 Å². The van der Waals surface area contributed by atoms with Crippen molar-refractivity contribution < 1.29 is 24.4 Å². The Labute approximate surface area is 128 Å². The van der Waals surface area contributed by atoms with E-state index in [0.29, 0.717) is 12.5 Å². The Morgan fingerprint density at radius 3 is 2.24 bits per heavy atom. The van der Waals surface area contributed by atoms with E-state index in [-0.39, 0.29) is 5.60 Å². The molecule has 0 amide bonds. The quantitative estimate of drug-likeness (QED) is 0.272. The van der Waals surface area contributed by atoms with Crippen molar-refractivity contribution in [2.75, 3.05) is 6.61 Å². The van der Waals surface area contributed by atoms with Gasteiger partial charge in [-0.2, -0.15) is 0 Å². The van der Waals surface area contributed by atoms with E-state index in [1.165, 1.54) is 0 Å². The lowest BCUT2D eigenvalue weighted by Gasteiger charge is -2.28. The van der Waals surface area contributed by atoms with Crippen molar-refractivity contribution in [1.29, 1.82) is 0 Å². The fraction of sp³-hybridized carbons (Fsp3) is 0.938. The van der Waals surface area contributed by atoms with Gasteiger partial charge in [-0.25, -0.2) is 14.6 Å². The number of carboxylic acid groups (broad SMARTS) is 1. The largest absolute Gasteiger partial charge is 0.506 e. The molecule has 0 saturated carbocycles. The highest BCUT2D eigenvalue weighted by atomic mass is 17.2. The minimum absolute atomic E-state index is 0.274. The molecule has 5 nitrogen and oxygen atoms in total. The number of ether oxygens (including phenoxy) is 1. The van der Waals surface area contributed by atoms with Gasteiger partial charge in [-0.1, -0.05) is 26.2 Å². The van der Waals surface area contributed by atoms with E-state index < -0.39 is 11.8 Å². The fourth-order valence-corrected chi connectivity index (χ4v) is 2.24. The van der Waals surface area contributed by atoms with Gasteiger partial charge in [0, 0.05) is 0 Å². The normalized spacial score (nSPS) is 14.0. The van der Waals surface area contributed by atoms with E-state index in [4.69, 9.17) is 19.6 Å². The van der Waals surface area contributed by atoms with Crippen LogP contribution in [0.5, 0.6) is 0 Å². The summed E-state index contributed by atoms with van der Waals surface area (Å²) in [6.45, 7) is 12.2. The lowest BCUT2D eigenvalue weighted by atomic mass is 9.88. The van der Waals surface area contributed by atoms with Crippen LogP contribution >= 0.6 is 0 Å². The van der Waals surface area contributed by atoms with Crippen LogP contribution in [0.1, 0.15) is 73.6 Å². The van der Waals surface area contributed by atoms with E-state index in [1.54, 1.807) is 0 Å². The predicted octanol–water partition coefficient (Wildman–Crippen LogP) is 4.79. The van der Waals surface area contributed by atoms with Crippen LogP contribution < -0.4 is 0 Å². The van der Waals surface area contributed by atoms with Gasteiger partial charge in [-0.15, -0.1) is 0 Å². The standard InChI is InChI=1S/C16H32O5/c1-7-13(12-16(5,6)20-14(17)18)10-8-9-11-19-21-15(2,3)4/h13H,7-12H2,1-6H3,(H,17,18). The molecule has 126 valence electrons. The molecule has 0 saturated heterocycles. The van der Waals surface area contributed by atoms with E-state index >= 15 is 0 Å². The summed E-state index contributed by atoms with van der Waals surface area (Å²) in [4.78, 5) is 21.0. The van der Waals surface area contributed by atoms with Gasteiger partial charge in [0.05, 0.1) is 12.2 Å². The maximum Gasteiger partial charge on any atom is 0.506 e. The molecule has 0 fully saturated rings. The third-order valence-corrected chi connectivity index (χ3v) is 3.12. The Hall–Kier alpha value is -0.810. The summed E-state index contributed by atoms with van der Waals surface area (Å²) in [7, 11) is 0. The van der Waals surface area contributed by atoms with Gasteiger partial charge in [0.25, 0.3) is 0 Å². The first-order valence-corrected chi connectivity index (χ1v) is 7.78. The summed E-state index contributed by atoms with van der Waals surface area (Å²) in [5.74, 6) is 0.461. The van der Waals surface area contributed by atoms with E-state index in [1.807, 2.05) is 34.6 Å². The van der Waals surface area contributed by atoms with Crippen molar-refractivity contribution >= 4 is 6.16 Å². The Kier molecular flexibility index (Phi) is 8.90. The molecular weight excluding hydrogens is 272 g/mol. The highest BCUT2D eigenvalue weighted by Crippen LogP contribution is 2.26. The number of carbonyl (C=O) groups is 1. The molecule has 0 aliphatic heterocycles. The Bertz CT molecular complexity index is 294. The summed E-state index contributed by atoms with van der Waals surface area (Å²) >= 11 is 0. The highest BCUT2D eigenvalue weighted by molar-refractivity contribution is 5.57. The average molecular weight is 304 g/mol. The van der Waals surface area contributed by atoms with Gasteiger partial charge in [0.15, 0.2) is 0 Å². The second-order valence-corrected chi connectivity index (χ2v) is 7.12. The monoisotopic (exact) mass is 304 g/mol. The molecule has 0 aliphatic rings. The molecular formula is C16H32O5. The van der Waals surface area contributed by atoms with E-state index in [9.17, 15) is 4.79 Å². The summed E-state index contributed by atoms with van der Waals surface area (Å²) in [5, 5.41) is 8.72. The van der Waals surface area contributed by atoms with Gasteiger partial charge in [0.2, 0.25) is 0 Å². The smallest absolute Gasteiger partial charge is 0.450 e. The average Bonchev–Trinajstić information content (AvgIpc) is 2.28. The zero-order chi connectivity index (χ0) is 16.5. The summed E-state index contributed by atoms with van der Waals surface area (Å²) < 4.78 is 4.92. The third kappa shape index (κ3) is 12.6. The van der Waals surface area contributed by atoms with Crippen LogP contribution in [0, 0.1) is 5.92 Å². The third-order valence-electron chi connectivity index (χ3n) is 3.12. The van der Waals surface area contributed by atoms with Crippen LogP contribution in [0.4, 0.5) is 4.79 Å². The topological polar surface area (TPSA) is 65.0 Å². The molecule has 0 heterocycles. The second kappa shape index (κ2) is 9.26. The molecule has 0 radical (unpaired) electrons. The molecule has 0 aromatic heterocycles. The van der Waals surface area contributed by atoms with Crippen LogP contribution in [0.25, 0.3) is 0 Å². The second-order valence-electron chi connectivity index (χ2n) is 7.12. The minimum Gasteiger partial charge on any atom is -0.450 e. The molecule has 21 heavy (non-hydrogen) atoms. The number of hydrogen-bond acceptors (Lipinski definition) is 4. The Balaban J connectivity index is 3.87. The van der Waals surface area contributed by atoms with E-state index in [2.05, 4.69) is 6.92 Å². The molecule has 0 aromatic carbocycles. The van der Waals surface area contributed by atoms with Crippen molar-refractivity contribution in [3.63, 3.8) is 0 Å². The molecule has 0 aliphatic carbocycles. The van der Waals surface area contributed by atoms with Gasteiger partial charge in [0.1, 0.15) is 5.60 Å². The summed E-state index contributed by atoms with van der Waals surface area (Å²) in [5.41, 5.74) is -0.900. The molecule has 1 N–H and O–H groups in total. The molecule has 1 unspecified atom stereocenters. The number of unbranched alkanes of at least 4 members (excludes halogenated alkanes) is 1. The van der Waals surface area contributed by atoms with E-state index in [0.717, 1.165) is 32.1 Å². The SMILES string of the molecule is CCC(CCCCOOC(C)(C)C)CC(C)(C)OC(=O)O. The lowest BCUT2D eigenvalue weighted by molar-refractivity contribution is -0.348. The van der Waals surface area contributed by atoms with Gasteiger partial charge in [-0.3, -0.25) is 0 Å². The van der Waals surface area contributed by atoms with Crippen molar-refractivity contribution in [1.82, 2.24) is 0 Å². The highest BCUT2D eigenvalue weighted by Gasteiger charge is 2.26. The van der Waals surface area contributed by atoms with Crippen LogP contribution in [-0.2, 0) is 14.5 Å².